The lowest BCUT2D eigenvalue weighted by atomic mass is 10.4. The summed E-state index contributed by atoms with van der Waals surface area (Å²) in [7, 11) is -76.2. The van der Waals surface area contributed by atoms with E-state index in [0.717, 1.165) is 12.7 Å². The number of hydrogen-bond donors (Lipinski definition) is 0. The standard InChI is InChI=1S/C62H176O29Si27/c1-58-60-61(65-62(63)64-59-2)93(6,7)67-95(10,11)69-97(14,15)71-99(18,19)73-101(22,23)75-103(26,27)77-105(30,31)79-107(34,35)81-109(38,39)83-111(42,43)85-113(46,47)87-115(50,51)89-117(54,55)91-118(56,57)90-116(52,53)88-114(48,49)86-112(44,45)84-110(40,41)82-108(36,37)80-106(32,33)78-104(28,29)76-102(24,25)74-100(20,21)72-98(16,17)70-96(12,13)68-94(8,9)66-92(3,4)5/h59,61H,2,58,60H2,1,3-57H3. The van der Waals surface area contributed by atoms with Crippen LogP contribution in [0.3, 0.4) is 0 Å². The molecule has 0 amide bonds. The zero-order valence-corrected chi connectivity index (χ0v) is 112. The summed E-state index contributed by atoms with van der Waals surface area (Å²) in [6.07, 6.45) is 1.70. The minimum absolute atomic E-state index is 0.439. The van der Waals surface area contributed by atoms with Gasteiger partial charge in [0.1, 0.15) is 5.73 Å². The highest BCUT2D eigenvalue weighted by atomic mass is 28.6. The summed E-state index contributed by atoms with van der Waals surface area (Å²) >= 11 is 0. The monoisotopic (exact) mass is 2140 g/mol. The third kappa shape index (κ3) is 54.7. The second kappa shape index (κ2) is 42.2. The summed E-state index contributed by atoms with van der Waals surface area (Å²) in [5.74, 6) is 0. The fourth-order valence-corrected chi connectivity index (χ4v) is 157. The molecule has 118 heavy (non-hydrogen) atoms. The third-order valence-corrected chi connectivity index (χ3v) is 119. The first kappa shape index (κ1) is 122. The van der Waals surface area contributed by atoms with Crippen molar-refractivity contribution in [1.82, 2.24) is 0 Å². The number of rotatable bonds is 57. The number of carbonyl (C=O) groups is 1. The smallest absolute Gasteiger partial charge is 0.437 e. The van der Waals surface area contributed by atoms with Gasteiger partial charge in [0.2, 0.25) is 8.32 Å². The van der Waals surface area contributed by atoms with Crippen LogP contribution in [0.15, 0.2) is 12.8 Å². The van der Waals surface area contributed by atoms with Crippen LogP contribution in [0.5, 0.6) is 0 Å². The molecule has 0 spiro atoms. The van der Waals surface area contributed by atoms with Gasteiger partial charge in [0.15, 0.2) is 8.32 Å². The summed E-state index contributed by atoms with van der Waals surface area (Å²) in [5.41, 5.74) is -0.439. The van der Waals surface area contributed by atoms with E-state index in [1.54, 1.807) is 0 Å². The normalized spacial score (nSPS) is 16.1. The molecule has 1 unspecified atom stereocenters. The van der Waals surface area contributed by atoms with Crippen LogP contribution in [0.2, 0.25) is 360 Å². The SMILES string of the molecule is C=COC(=O)OC(CCC)[Si](C)(C)O[Si](C)(C)O[Si](C)(C)O[Si](C)(C)O[Si](C)(C)O[Si](C)(C)O[Si](C)(C)O[Si](C)(C)O[Si](C)(C)O[Si](C)(C)O[Si](C)(C)O[Si](C)(C)O[Si](C)(C)O[Si](C)(C)O[Si](C)(C)O[Si](C)(C)O[Si](C)(C)O[Si](C)(C)O[Si](C)(C)O[Si](C)(C)O[Si](C)(C)O[Si](C)(C)O[Si](C)(C)O[Si](C)(C)O[Si](C)(C)O[Si](C)(C)O[Si](C)(C)C. The van der Waals surface area contributed by atoms with Gasteiger partial charge in [0, 0.05) is 0 Å². The van der Waals surface area contributed by atoms with Crippen LogP contribution in [-0.2, 0) is 116 Å². The largest absolute Gasteiger partial charge is 0.513 e. The Labute approximate surface area is 749 Å². The molecule has 0 saturated heterocycles. The molecule has 0 heterocycles. The highest BCUT2D eigenvalue weighted by Gasteiger charge is 2.58. The minimum Gasteiger partial charge on any atom is -0.437 e. The Balaban J connectivity index is 5.97. The quantitative estimate of drug-likeness (QED) is 0.0311. The van der Waals surface area contributed by atoms with Crippen molar-refractivity contribution in [3.05, 3.63) is 12.8 Å². The zero-order valence-electron chi connectivity index (χ0n) is 85.1. The van der Waals surface area contributed by atoms with Crippen LogP contribution in [-0.4, -0.2) is 243 Å². The first-order valence-corrected chi connectivity index (χ1v) is 118. The van der Waals surface area contributed by atoms with Crippen molar-refractivity contribution in [3.63, 3.8) is 0 Å². The Morgan fingerprint density at radius 3 is 0.415 bits per heavy atom. The van der Waals surface area contributed by atoms with Crippen LogP contribution < -0.4 is 0 Å². The number of carbonyl (C=O) groups excluding carboxylic acids is 1. The van der Waals surface area contributed by atoms with Gasteiger partial charge in [0.05, 0.1) is 6.26 Å². The van der Waals surface area contributed by atoms with E-state index in [4.69, 9.17) is 116 Å². The molecule has 0 N–H and O–H groups in total. The Morgan fingerprint density at radius 2 is 0.314 bits per heavy atom. The van der Waals surface area contributed by atoms with E-state index in [0.29, 0.717) is 6.42 Å². The lowest BCUT2D eigenvalue weighted by Gasteiger charge is -2.45. The van der Waals surface area contributed by atoms with Gasteiger partial charge >= 0.3 is 220 Å². The molecule has 0 fully saturated rings. The van der Waals surface area contributed by atoms with Crippen LogP contribution in [0.1, 0.15) is 19.8 Å². The fourth-order valence-electron chi connectivity index (χ4n) is 17.2. The Kier molecular flexibility index (Phi) is 43.5. The lowest BCUT2D eigenvalue weighted by molar-refractivity contribution is 0.0622. The topological polar surface area (TPSA) is 276 Å². The molecule has 0 aliphatic rings. The van der Waals surface area contributed by atoms with Gasteiger partial charge in [-0.2, -0.15) is 0 Å². The van der Waals surface area contributed by atoms with E-state index in [9.17, 15) is 4.79 Å². The predicted octanol–water partition coefficient (Wildman–Crippen LogP) is 22.0. The van der Waals surface area contributed by atoms with E-state index in [1.165, 1.54) is 0 Å². The van der Waals surface area contributed by atoms with Crippen LogP contribution in [0, 0.1) is 0 Å². The van der Waals surface area contributed by atoms with E-state index < -0.39 is 243 Å². The molecule has 0 aliphatic heterocycles. The highest BCUT2D eigenvalue weighted by Crippen LogP contribution is 2.38. The molecule has 0 saturated carbocycles. The van der Waals surface area contributed by atoms with Crippen molar-refractivity contribution in [3.8, 4) is 0 Å². The first-order valence-electron chi connectivity index (χ1n) is 41.5. The summed E-state index contributed by atoms with van der Waals surface area (Å²) < 4.78 is 191. The van der Waals surface area contributed by atoms with Gasteiger partial charge in [-0.1, -0.05) is 19.9 Å². The molecule has 706 valence electrons. The highest BCUT2D eigenvalue weighted by molar-refractivity contribution is 6.98. The molecule has 56 heteroatoms. The maximum atomic E-state index is 12.4. The second-order valence-electron chi connectivity index (χ2n) is 43.3. The van der Waals surface area contributed by atoms with Gasteiger partial charge in [-0.3, -0.25) is 0 Å². The maximum Gasteiger partial charge on any atom is 0.513 e. The third-order valence-electron chi connectivity index (χ3n) is 14.6. The van der Waals surface area contributed by atoms with Gasteiger partial charge in [-0.15, -0.1) is 0 Å². The van der Waals surface area contributed by atoms with Crippen molar-refractivity contribution in [2.75, 3.05) is 0 Å². The summed E-state index contributed by atoms with van der Waals surface area (Å²) in [6, 6.07) is 0. The van der Waals surface area contributed by atoms with Gasteiger partial charge < -0.3 is 116 Å². The Bertz CT molecular complexity index is 3160. The molecular weight excluding hydrogens is 1970 g/mol. The minimum atomic E-state index is -2.94. The van der Waals surface area contributed by atoms with Gasteiger partial charge in [0.25, 0.3) is 0 Å². The molecule has 0 aromatic heterocycles. The average Bonchev–Trinajstić information content (AvgIpc) is 0.802. The molecule has 0 rings (SSSR count). The Morgan fingerprint density at radius 1 is 0.203 bits per heavy atom. The average molecular weight is 2140 g/mol. The van der Waals surface area contributed by atoms with E-state index in [1.807, 2.05) is 216 Å². The van der Waals surface area contributed by atoms with Crippen molar-refractivity contribution in [2.24, 2.45) is 0 Å². The molecule has 0 aliphatic carbocycles. The van der Waals surface area contributed by atoms with Crippen molar-refractivity contribution >= 4 is 237 Å². The lowest BCUT2D eigenvalue weighted by Crippen LogP contribution is -2.63. The number of hydrogen-bond acceptors (Lipinski definition) is 29. The molecule has 0 radical (unpaired) electrons. The molecule has 1 atom stereocenters. The maximum absolute atomic E-state index is 12.4. The van der Waals surface area contributed by atoms with Gasteiger partial charge in [-0.25, -0.2) is 4.79 Å². The summed E-state index contributed by atoms with van der Waals surface area (Å²) in [4.78, 5) is 12.4. The number of ether oxygens (including phenoxy) is 2. The van der Waals surface area contributed by atoms with Crippen LogP contribution >= 0.6 is 0 Å². The van der Waals surface area contributed by atoms with E-state index in [-0.39, 0.29) is 0 Å². The fraction of sp³-hybridized carbons (Fsp3) is 0.952. The molecule has 29 nitrogen and oxygen atoms in total. The van der Waals surface area contributed by atoms with Crippen molar-refractivity contribution in [2.45, 2.75) is 386 Å². The first-order chi connectivity index (χ1) is 50.8. The molecule has 0 aromatic rings. The molecular formula is C62H176O29Si27. The van der Waals surface area contributed by atoms with Gasteiger partial charge in [-0.05, 0) is 367 Å². The predicted molar refractivity (Wildman–Crippen MR) is 543 cm³/mol. The van der Waals surface area contributed by atoms with E-state index >= 15 is 0 Å². The van der Waals surface area contributed by atoms with Crippen LogP contribution in [0.25, 0.3) is 0 Å². The molecule has 0 aromatic carbocycles. The second-order valence-corrected chi connectivity index (χ2v) is 143. The van der Waals surface area contributed by atoms with Crippen LogP contribution in [0.4, 0.5) is 4.79 Å². The van der Waals surface area contributed by atoms with Crippen molar-refractivity contribution < 1.29 is 121 Å². The van der Waals surface area contributed by atoms with E-state index in [2.05, 4.69) is 157 Å². The summed E-state index contributed by atoms with van der Waals surface area (Å²) in [5, 5.41) is 0. The summed E-state index contributed by atoms with van der Waals surface area (Å²) in [6.45, 7) is 119. The zero-order chi connectivity index (χ0) is 94.6. The Hall–Kier alpha value is 3.83. The molecule has 0 bridgehead atoms. The van der Waals surface area contributed by atoms with Crippen molar-refractivity contribution in [1.29, 1.82) is 0 Å².